The van der Waals surface area contributed by atoms with Crippen molar-refractivity contribution in [1.82, 2.24) is 0 Å². The van der Waals surface area contributed by atoms with Gasteiger partial charge < -0.3 is 4.89 Å². The Balaban J connectivity index is 2.67. The van der Waals surface area contributed by atoms with E-state index < -0.39 is 9.84 Å². The van der Waals surface area contributed by atoms with Crippen LogP contribution in [0.4, 0.5) is 0 Å². The SMILES string of the molecule is Cc1ccc(S(=O)(=O)c2ccccc2I)c(OO)c1. The first-order valence-electron chi connectivity index (χ1n) is 5.38. The van der Waals surface area contributed by atoms with Gasteiger partial charge in [-0.25, -0.2) is 13.7 Å². The van der Waals surface area contributed by atoms with Crippen molar-refractivity contribution in [3.05, 3.63) is 51.6 Å². The maximum Gasteiger partial charge on any atom is 0.211 e. The molecule has 2 aromatic rings. The number of hydrogen-bond acceptors (Lipinski definition) is 4. The lowest BCUT2D eigenvalue weighted by molar-refractivity contribution is -0.140. The van der Waals surface area contributed by atoms with Crippen LogP contribution in [0.2, 0.25) is 0 Å². The minimum absolute atomic E-state index is 0.0512. The van der Waals surface area contributed by atoms with Crippen molar-refractivity contribution < 1.29 is 18.6 Å². The average Bonchev–Trinajstić information content (AvgIpc) is 2.38. The summed E-state index contributed by atoms with van der Waals surface area (Å²) in [5.41, 5.74) is 0.797. The van der Waals surface area contributed by atoms with Crippen molar-refractivity contribution in [1.29, 1.82) is 0 Å². The van der Waals surface area contributed by atoms with Crippen LogP contribution in [0.3, 0.4) is 0 Å². The summed E-state index contributed by atoms with van der Waals surface area (Å²) >= 11 is 1.96. The molecule has 1 N–H and O–H groups in total. The van der Waals surface area contributed by atoms with Gasteiger partial charge in [0.2, 0.25) is 9.84 Å². The van der Waals surface area contributed by atoms with Crippen LogP contribution in [0.5, 0.6) is 5.75 Å². The molecule has 2 rings (SSSR count). The van der Waals surface area contributed by atoms with Gasteiger partial charge in [-0.05, 0) is 59.3 Å². The molecule has 6 heteroatoms. The Labute approximate surface area is 125 Å². The average molecular weight is 390 g/mol. The number of aryl methyl sites for hydroxylation is 1. The highest BCUT2D eigenvalue weighted by Gasteiger charge is 2.24. The first-order valence-corrected chi connectivity index (χ1v) is 7.94. The quantitative estimate of drug-likeness (QED) is 0.497. The lowest BCUT2D eigenvalue weighted by atomic mass is 10.2. The van der Waals surface area contributed by atoms with E-state index >= 15 is 0 Å². The summed E-state index contributed by atoms with van der Waals surface area (Å²) in [7, 11) is -3.72. The lowest BCUT2D eigenvalue weighted by Crippen LogP contribution is -2.06. The first-order chi connectivity index (χ1) is 8.96. The Morgan fingerprint density at radius 1 is 1.11 bits per heavy atom. The zero-order chi connectivity index (χ0) is 14.0. The molecule has 100 valence electrons. The van der Waals surface area contributed by atoms with E-state index in [1.54, 1.807) is 31.2 Å². The molecule has 0 heterocycles. The van der Waals surface area contributed by atoms with Gasteiger partial charge in [0, 0.05) is 3.57 Å². The molecule has 2 aromatic carbocycles. The van der Waals surface area contributed by atoms with Crippen LogP contribution in [0.15, 0.2) is 52.3 Å². The topological polar surface area (TPSA) is 63.6 Å². The molecule has 0 saturated heterocycles. The highest BCUT2D eigenvalue weighted by atomic mass is 127. The number of hydrogen-bond donors (Lipinski definition) is 1. The molecule has 19 heavy (non-hydrogen) atoms. The Hall–Kier alpha value is -1.12. The van der Waals surface area contributed by atoms with Crippen LogP contribution in [0.1, 0.15) is 5.56 Å². The molecule has 0 fully saturated rings. The standard InChI is InChI=1S/C13H11IO4S/c1-9-6-7-13(11(8-9)18-15)19(16,17)12-5-3-2-4-10(12)14/h2-8,15H,1H3. The second-order valence-corrected chi connectivity index (χ2v) is 7.02. The molecule has 0 aliphatic heterocycles. The van der Waals surface area contributed by atoms with Crippen molar-refractivity contribution in [2.45, 2.75) is 16.7 Å². The summed E-state index contributed by atoms with van der Waals surface area (Å²) < 4.78 is 25.7. The van der Waals surface area contributed by atoms with Crippen LogP contribution in [-0.4, -0.2) is 13.7 Å². The third-order valence-corrected chi connectivity index (χ3v) is 5.77. The maximum absolute atomic E-state index is 12.5. The van der Waals surface area contributed by atoms with E-state index in [-0.39, 0.29) is 15.5 Å². The van der Waals surface area contributed by atoms with Crippen LogP contribution in [0, 0.1) is 10.5 Å². The monoisotopic (exact) mass is 390 g/mol. The molecule has 0 radical (unpaired) electrons. The van der Waals surface area contributed by atoms with E-state index in [9.17, 15) is 8.42 Å². The molecule has 0 aliphatic carbocycles. The van der Waals surface area contributed by atoms with Crippen molar-refractivity contribution >= 4 is 32.4 Å². The maximum atomic E-state index is 12.5. The number of rotatable bonds is 3. The predicted octanol–water partition coefficient (Wildman–Crippen LogP) is 3.28. The fourth-order valence-corrected chi connectivity index (χ4v) is 4.37. The summed E-state index contributed by atoms with van der Waals surface area (Å²) in [4.78, 5) is 4.33. The number of sulfone groups is 1. The fraction of sp³-hybridized carbons (Fsp3) is 0.0769. The first kappa shape index (κ1) is 14.3. The Morgan fingerprint density at radius 2 is 1.79 bits per heavy atom. The van der Waals surface area contributed by atoms with Gasteiger partial charge in [0.1, 0.15) is 4.90 Å². The molecule has 0 atom stereocenters. The molecule has 0 aliphatic rings. The van der Waals surface area contributed by atoms with Gasteiger partial charge in [0.15, 0.2) is 5.75 Å². The van der Waals surface area contributed by atoms with Crippen LogP contribution in [0.25, 0.3) is 0 Å². The summed E-state index contributed by atoms with van der Waals surface area (Å²) in [6.45, 7) is 1.78. The van der Waals surface area contributed by atoms with E-state index in [1.165, 1.54) is 18.2 Å². The Morgan fingerprint density at radius 3 is 2.42 bits per heavy atom. The zero-order valence-corrected chi connectivity index (χ0v) is 13.0. The smallest absolute Gasteiger partial charge is 0.211 e. The van der Waals surface area contributed by atoms with Gasteiger partial charge in [-0.1, -0.05) is 18.2 Å². The van der Waals surface area contributed by atoms with Crippen LogP contribution >= 0.6 is 22.6 Å². The number of halogens is 1. The molecule has 4 nitrogen and oxygen atoms in total. The van der Waals surface area contributed by atoms with Gasteiger partial charge in [-0.3, -0.25) is 0 Å². The second-order valence-electron chi connectivity index (χ2n) is 3.98. The summed E-state index contributed by atoms with van der Waals surface area (Å²) in [5, 5.41) is 8.86. The summed E-state index contributed by atoms with van der Waals surface area (Å²) in [6, 6.07) is 11.2. The van der Waals surface area contributed by atoms with Crippen LogP contribution < -0.4 is 4.89 Å². The van der Waals surface area contributed by atoms with Crippen molar-refractivity contribution in [3.8, 4) is 5.75 Å². The Kier molecular flexibility index (Phi) is 4.12. The van der Waals surface area contributed by atoms with Crippen molar-refractivity contribution in [3.63, 3.8) is 0 Å². The fourth-order valence-electron chi connectivity index (χ4n) is 1.69. The van der Waals surface area contributed by atoms with Crippen molar-refractivity contribution in [2.75, 3.05) is 0 Å². The van der Waals surface area contributed by atoms with Crippen LogP contribution in [-0.2, 0) is 9.84 Å². The Bertz CT molecular complexity index is 710. The molecule has 0 spiro atoms. The molecule has 0 bridgehead atoms. The molecule has 0 aromatic heterocycles. The summed E-state index contributed by atoms with van der Waals surface area (Å²) in [5.74, 6) is -0.0698. The molecule has 0 saturated carbocycles. The van der Waals surface area contributed by atoms with E-state index in [4.69, 9.17) is 5.26 Å². The molecular weight excluding hydrogens is 379 g/mol. The highest BCUT2D eigenvalue weighted by molar-refractivity contribution is 14.1. The van der Waals surface area contributed by atoms with Gasteiger partial charge in [-0.15, -0.1) is 0 Å². The van der Waals surface area contributed by atoms with E-state index in [0.717, 1.165) is 5.56 Å². The number of benzene rings is 2. The van der Waals surface area contributed by atoms with E-state index in [1.807, 2.05) is 22.6 Å². The minimum Gasteiger partial charge on any atom is -0.339 e. The second kappa shape index (κ2) is 5.48. The lowest BCUT2D eigenvalue weighted by Gasteiger charge is -2.10. The van der Waals surface area contributed by atoms with Gasteiger partial charge in [0.25, 0.3) is 0 Å². The van der Waals surface area contributed by atoms with Gasteiger partial charge in [0.05, 0.1) is 4.90 Å². The highest BCUT2D eigenvalue weighted by Crippen LogP contribution is 2.32. The minimum atomic E-state index is -3.72. The predicted molar refractivity (Wildman–Crippen MR) is 79.0 cm³/mol. The van der Waals surface area contributed by atoms with Gasteiger partial charge >= 0.3 is 0 Å². The zero-order valence-electron chi connectivity index (χ0n) is 10.00. The molecule has 0 unspecified atom stereocenters. The molecular formula is C13H11IO4S. The largest absolute Gasteiger partial charge is 0.339 e. The third kappa shape index (κ3) is 2.75. The van der Waals surface area contributed by atoms with E-state index in [0.29, 0.717) is 3.57 Å². The van der Waals surface area contributed by atoms with Gasteiger partial charge in [-0.2, -0.15) is 0 Å². The third-order valence-electron chi connectivity index (χ3n) is 2.61. The normalized spacial score (nSPS) is 11.3. The van der Waals surface area contributed by atoms with E-state index in [2.05, 4.69) is 4.89 Å². The summed E-state index contributed by atoms with van der Waals surface area (Å²) in [6.07, 6.45) is 0. The molecule has 0 amide bonds. The van der Waals surface area contributed by atoms with Crippen molar-refractivity contribution in [2.24, 2.45) is 0 Å².